The third kappa shape index (κ3) is 21.9. The van der Waals surface area contributed by atoms with E-state index in [2.05, 4.69) is 16.0 Å². The summed E-state index contributed by atoms with van der Waals surface area (Å²) in [6, 6.07) is -6.66. The smallest absolute Gasteiger partial charge is 0.354 e. The number of amides is 12. The number of fused-ring (bicyclic) bond motifs is 1. The molecule has 3 aliphatic heterocycles. The van der Waals surface area contributed by atoms with Crippen molar-refractivity contribution in [2.45, 2.75) is 223 Å². The lowest BCUT2D eigenvalue weighted by atomic mass is 9.82. The molecule has 8 atom stereocenters. The van der Waals surface area contributed by atoms with E-state index >= 15 is 13.6 Å². The number of nitrogens with one attached hydrogen (secondary N) is 3. The third-order valence-electron chi connectivity index (χ3n) is 20.9. The molecule has 0 aromatic heterocycles. The summed E-state index contributed by atoms with van der Waals surface area (Å²) in [6.07, 6.45) is 3.16. The lowest BCUT2D eigenvalue weighted by Crippen LogP contribution is -2.59. The van der Waals surface area contributed by atoms with Crippen LogP contribution < -0.4 is 16.0 Å². The molecule has 5 fully saturated rings. The summed E-state index contributed by atoms with van der Waals surface area (Å²) >= 11 is 6.05. The highest BCUT2D eigenvalue weighted by Crippen LogP contribution is 2.37. The summed E-state index contributed by atoms with van der Waals surface area (Å²) < 4.78 is 72.5. The predicted octanol–water partition coefficient (Wildman–Crippen LogP) is 5.89. The van der Waals surface area contributed by atoms with Gasteiger partial charge in [0.15, 0.2) is 0 Å². The average molecular weight is 1440 g/mol. The second-order valence-corrected chi connectivity index (χ2v) is 28.8. The van der Waals surface area contributed by atoms with Crippen LogP contribution in [0.3, 0.4) is 0 Å². The number of carbonyl (C=O) groups excluding carboxylic acids is 12. The second kappa shape index (κ2) is 37.1. The van der Waals surface area contributed by atoms with Crippen LogP contribution in [0.15, 0.2) is 18.2 Å². The maximum atomic E-state index is 15.6. The quantitative estimate of drug-likeness (QED) is 0.219. The molecular formula is C70H106ClF5N12O12. The van der Waals surface area contributed by atoms with Gasteiger partial charge in [0.05, 0.1) is 43.2 Å². The average Bonchev–Trinajstić information content (AvgIpc) is 1.52. The van der Waals surface area contributed by atoms with E-state index in [4.69, 9.17) is 11.6 Å². The molecule has 3 saturated heterocycles. The van der Waals surface area contributed by atoms with E-state index in [1.54, 1.807) is 11.8 Å². The lowest BCUT2D eigenvalue weighted by molar-refractivity contribution is -0.154. The van der Waals surface area contributed by atoms with Crippen LogP contribution in [0.2, 0.25) is 5.02 Å². The van der Waals surface area contributed by atoms with Gasteiger partial charge in [-0.3, -0.25) is 57.5 Å². The molecule has 1 aromatic rings. The van der Waals surface area contributed by atoms with Crippen molar-refractivity contribution in [1.29, 1.82) is 0 Å². The minimum absolute atomic E-state index is 0.0352. The van der Waals surface area contributed by atoms with Gasteiger partial charge in [-0.15, -0.1) is 0 Å². The van der Waals surface area contributed by atoms with Crippen LogP contribution in [-0.2, 0) is 70.1 Å². The van der Waals surface area contributed by atoms with Crippen LogP contribution in [0.25, 0.3) is 0 Å². The van der Waals surface area contributed by atoms with Crippen molar-refractivity contribution in [1.82, 2.24) is 60.0 Å². The van der Waals surface area contributed by atoms with Crippen molar-refractivity contribution in [2.24, 2.45) is 17.8 Å². The summed E-state index contributed by atoms with van der Waals surface area (Å²) in [5, 5.41) is 7.33. The standard InChI is InChI=1S/C70H106ClF5N12O12/c1-11-23-51-63(95)79-60(44(3)12-2)67(99)82(6)41-58(92)80(4)42-59(93)84(8)52(37-45-24-15-13-16-25-45)65(97)81(5)40-55(89)78-50(32-30-46-29-31-48(49(71)36-46)70(74,75)76)64(96)88-43-69(72,73)39-54(88)62(94)77-33-20-19-28-56(90)86(10)61(47-26-17-14-18-27-47)68(100)85(9)53(38-57(91)83(51)7)66(98)87-34-21-22-35-87/h29,31,36,44-45,47,50-54,60-61H,11-28,30,32-35,37-43H2,1-10H3,(H,77,94)(H,78,89)(H,79,95)/t44-,50-,51-,52-,53-,54-,60-,61-/m0/s1. The van der Waals surface area contributed by atoms with E-state index in [-0.39, 0.29) is 62.5 Å². The minimum atomic E-state index is -4.81. The first-order valence-electron chi connectivity index (χ1n) is 35.6. The molecule has 3 heterocycles. The number of likely N-dealkylation sites (N-methyl/N-ethyl adjacent to an activating group) is 7. The Balaban J connectivity index is 1.35. The van der Waals surface area contributed by atoms with Crippen molar-refractivity contribution in [2.75, 3.05) is 95.1 Å². The molecule has 6 rings (SSSR count). The number of aryl methyl sites for hydroxylation is 1. The Hall–Kier alpha value is -7.20. The number of alkyl halides is 5. The van der Waals surface area contributed by atoms with E-state index < -0.39 is 187 Å². The molecule has 30 heteroatoms. The van der Waals surface area contributed by atoms with Gasteiger partial charge in [-0.1, -0.05) is 103 Å². The van der Waals surface area contributed by atoms with Crippen LogP contribution in [0.1, 0.15) is 173 Å². The normalized spacial score (nSPS) is 26.5. The van der Waals surface area contributed by atoms with Crippen molar-refractivity contribution in [3.8, 4) is 0 Å². The summed E-state index contributed by atoms with van der Waals surface area (Å²) in [5.74, 6) is -13.2. The van der Waals surface area contributed by atoms with Gasteiger partial charge >= 0.3 is 6.18 Å². The summed E-state index contributed by atoms with van der Waals surface area (Å²) in [6.45, 7) is 2.82. The number of halogens is 6. The van der Waals surface area contributed by atoms with Gasteiger partial charge in [0.25, 0.3) is 5.92 Å². The molecule has 12 amide bonds. The number of nitrogens with zero attached hydrogens (tertiary/aromatic N) is 9. The van der Waals surface area contributed by atoms with Crippen molar-refractivity contribution in [3.05, 3.63) is 34.3 Å². The van der Waals surface area contributed by atoms with E-state index in [1.165, 1.54) is 68.9 Å². The molecule has 1 aromatic carbocycles. The largest absolute Gasteiger partial charge is 0.417 e. The summed E-state index contributed by atoms with van der Waals surface area (Å²) in [7, 11) is 9.71. The van der Waals surface area contributed by atoms with Gasteiger partial charge in [-0.05, 0) is 99.7 Å². The Morgan fingerprint density at radius 3 is 1.86 bits per heavy atom. The van der Waals surface area contributed by atoms with E-state index in [1.807, 2.05) is 13.8 Å². The first-order valence-corrected chi connectivity index (χ1v) is 36.0. The Labute approximate surface area is 589 Å². The number of benzene rings is 1. The number of rotatable bonds is 11. The zero-order valence-electron chi connectivity index (χ0n) is 59.9. The molecule has 100 heavy (non-hydrogen) atoms. The molecule has 560 valence electrons. The SMILES string of the molecule is CCC[C@H]1C(=O)N[C@@H]([C@@H](C)CC)C(=O)N(C)CC(=O)N(C)CC(=O)N(C)[C@@H](CC2CCCCC2)C(=O)N(C)CC(=O)N[C@@H](CCc2ccc(C(F)(F)F)c(Cl)c2)C(=O)N2CC(F)(F)C[C@H]2C(=O)NCCCCC(=O)N(C)[C@@H](C2CCCCC2)C(=O)N(C)[C@H](C(=O)N2CCCC2)CC(=O)N1C. The number of carbonyl (C=O) groups is 12. The molecule has 5 aliphatic rings. The first-order chi connectivity index (χ1) is 47.1. The lowest BCUT2D eigenvalue weighted by Gasteiger charge is -2.40. The molecule has 2 saturated carbocycles. The fraction of sp³-hybridized carbons (Fsp3) is 0.743. The van der Waals surface area contributed by atoms with Crippen LogP contribution in [0.5, 0.6) is 0 Å². The first kappa shape index (κ1) is 81.8. The third-order valence-corrected chi connectivity index (χ3v) is 21.3. The van der Waals surface area contributed by atoms with Gasteiger partial charge < -0.3 is 60.0 Å². The monoisotopic (exact) mass is 1440 g/mol. The van der Waals surface area contributed by atoms with E-state index in [0.29, 0.717) is 56.5 Å². The van der Waals surface area contributed by atoms with Gasteiger partial charge in [-0.2, -0.15) is 13.2 Å². The Bertz CT molecular complexity index is 3080. The molecular weight excluding hydrogens is 1330 g/mol. The zero-order valence-corrected chi connectivity index (χ0v) is 60.7. The van der Waals surface area contributed by atoms with E-state index in [9.17, 15) is 65.9 Å². The maximum Gasteiger partial charge on any atom is 0.417 e. The molecule has 24 nitrogen and oxygen atoms in total. The Kier molecular flexibility index (Phi) is 30.3. The number of likely N-dealkylation sites (tertiary alicyclic amines) is 1. The van der Waals surface area contributed by atoms with E-state index in [0.717, 1.165) is 84.3 Å². The van der Waals surface area contributed by atoms with Gasteiger partial charge in [-0.25, -0.2) is 8.78 Å². The fourth-order valence-corrected chi connectivity index (χ4v) is 14.8. The number of hydrogen-bond donors (Lipinski definition) is 3. The second-order valence-electron chi connectivity index (χ2n) is 28.4. The molecule has 3 N–H and O–H groups in total. The van der Waals surface area contributed by atoms with Crippen LogP contribution in [-0.4, -0.2) is 258 Å². The number of hydrogen-bond acceptors (Lipinski definition) is 12. The Morgan fingerprint density at radius 1 is 0.640 bits per heavy atom. The summed E-state index contributed by atoms with van der Waals surface area (Å²) in [4.78, 5) is 185. The van der Waals surface area contributed by atoms with Gasteiger partial charge in [0.2, 0.25) is 70.9 Å². The molecule has 0 radical (unpaired) electrons. The fourth-order valence-electron chi connectivity index (χ4n) is 14.4. The molecule has 0 spiro atoms. The van der Waals surface area contributed by atoms with Crippen molar-refractivity contribution < 1.29 is 79.5 Å². The molecule has 0 unspecified atom stereocenters. The van der Waals surface area contributed by atoms with Crippen molar-refractivity contribution >= 4 is 82.5 Å². The minimum Gasteiger partial charge on any atom is -0.354 e. The highest BCUT2D eigenvalue weighted by Gasteiger charge is 2.52. The highest BCUT2D eigenvalue weighted by atomic mass is 35.5. The Morgan fingerprint density at radius 2 is 1.25 bits per heavy atom. The summed E-state index contributed by atoms with van der Waals surface area (Å²) in [5.41, 5.74) is -0.966. The predicted molar refractivity (Wildman–Crippen MR) is 362 cm³/mol. The maximum absolute atomic E-state index is 15.6. The highest BCUT2D eigenvalue weighted by molar-refractivity contribution is 6.31. The van der Waals surface area contributed by atoms with Gasteiger partial charge in [0, 0.05) is 81.8 Å². The molecule has 0 bridgehead atoms. The van der Waals surface area contributed by atoms with Crippen LogP contribution >= 0.6 is 11.6 Å². The molecule has 2 aliphatic carbocycles. The van der Waals surface area contributed by atoms with Crippen LogP contribution in [0, 0.1) is 17.8 Å². The van der Waals surface area contributed by atoms with Crippen LogP contribution in [0.4, 0.5) is 22.0 Å². The van der Waals surface area contributed by atoms with Crippen molar-refractivity contribution in [3.63, 3.8) is 0 Å². The van der Waals surface area contributed by atoms with Gasteiger partial charge in [0.1, 0.15) is 42.3 Å². The topological polar surface area (TPSA) is 270 Å². The zero-order chi connectivity index (χ0) is 74.1.